The molecular weight excluding hydrogens is 454 g/mol. The Morgan fingerprint density at radius 1 is 1.06 bits per heavy atom. The van der Waals surface area contributed by atoms with Crippen LogP contribution >= 0.6 is 11.6 Å². The summed E-state index contributed by atoms with van der Waals surface area (Å²) in [5.74, 6) is -0.0381. The van der Waals surface area contributed by atoms with Crippen molar-refractivity contribution in [2.24, 2.45) is 5.41 Å². The van der Waals surface area contributed by atoms with E-state index in [1.165, 1.54) is 9.13 Å². The maximum Gasteiger partial charge on any atom is 0.331 e. The van der Waals surface area contributed by atoms with E-state index >= 15 is 0 Å². The Kier molecular flexibility index (Phi) is 6.36. The van der Waals surface area contributed by atoms with Crippen LogP contribution in [0.25, 0.3) is 11.1 Å². The molecule has 34 heavy (non-hydrogen) atoms. The fourth-order valence-electron chi connectivity index (χ4n) is 4.45. The minimum absolute atomic E-state index is 0.0116. The first-order chi connectivity index (χ1) is 16.1. The molecule has 0 bridgehead atoms. The number of amides is 1. The van der Waals surface area contributed by atoms with Crippen LogP contribution in [0.2, 0.25) is 5.02 Å². The van der Waals surface area contributed by atoms with Crippen LogP contribution in [0, 0.1) is 12.3 Å². The quantitative estimate of drug-likeness (QED) is 0.531. The lowest BCUT2D eigenvalue weighted by molar-refractivity contribution is 0.0625. The number of rotatable bonds is 7. The van der Waals surface area contributed by atoms with Gasteiger partial charge in [0, 0.05) is 42.2 Å². The molecule has 0 atom stereocenters. The summed E-state index contributed by atoms with van der Waals surface area (Å²) in [7, 11) is 0. The number of carbonyl (C=O) groups is 1. The number of imidazole rings is 1. The predicted octanol–water partition coefficient (Wildman–Crippen LogP) is 4.03. The van der Waals surface area contributed by atoms with E-state index in [4.69, 9.17) is 11.6 Å². The molecule has 2 N–H and O–H groups in total. The normalized spacial score (nSPS) is 13.6. The number of aliphatic hydroxyl groups is 1. The van der Waals surface area contributed by atoms with Gasteiger partial charge in [-0.3, -0.25) is 13.9 Å². The molecule has 0 fully saturated rings. The van der Waals surface area contributed by atoms with Crippen LogP contribution in [-0.4, -0.2) is 43.3 Å². The monoisotopic (exact) mass is 483 g/mol. The summed E-state index contributed by atoms with van der Waals surface area (Å²) < 4.78 is 2.84. The number of halogens is 1. The van der Waals surface area contributed by atoms with Gasteiger partial charge in [-0.25, -0.2) is 4.79 Å². The van der Waals surface area contributed by atoms with E-state index in [0.717, 1.165) is 22.3 Å². The number of benzene rings is 2. The Bertz CT molecular complexity index is 1320. The van der Waals surface area contributed by atoms with Gasteiger partial charge in [0.15, 0.2) is 0 Å². The van der Waals surface area contributed by atoms with Crippen molar-refractivity contribution in [3.05, 3.63) is 74.3 Å². The average Bonchev–Trinajstić information content (AvgIpc) is 3.21. The summed E-state index contributed by atoms with van der Waals surface area (Å²) in [5, 5.41) is 20.3. The molecule has 1 aromatic heterocycles. The van der Waals surface area contributed by atoms with E-state index in [1.807, 2.05) is 57.2 Å². The summed E-state index contributed by atoms with van der Waals surface area (Å²) >= 11 is 6.60. The third-order valence-electron chi connectivity index (χ3n) is 6.51. The second-order valence-corrected chi connectivity index (χ2v) is 10.1. The van der Waals surface area contributed by atoms with E-state index in [1.54, 1.807) is 11.8 Å². The number of nitrogens with zero attached hydrogens (tertiary/aromatic N) is 3. The number of aromatic nitrogens is 2. The molecule has 2 heterocycles. The summed E-state index contributed by atoms with van der Waals surface area (Å²) in [6.07, 6.45) is 0. The first-order valence-electron chi connectivity index (χ1n) is 11.4. The molecule has 180 valence electrons. The van der Waals surface area contributed by atoms with Gasteiger partial charge in [-0.1, -0.05) is 43.6 Å². The van der Waals surface area contributed by atoms with E-state index in [0.29, 0.717) is 35.9 Å². The van der Waals surface area contributed by atoms with Gasteiger partial charge in [-0.2, -0.15) is 0 Å². The SMILES string of the molecule is CCn1c(O)c(C)n(Cc2ccc(-c3ccc4c(c3)CN(CC(C)(C)CO)C4=O)cc2Cl)c1=O. The zero-order chi connectivity index (χ0) is 24.8. The highest BCUT2D eigenvalue weighted by molar-refractivity contribution is 6.31. The van der Waals surface area contributed by atoms with Gasteiger partial charge in [-0.05, 0) is 54.3 Å². The number of fused-ring (bicyclic) bond motifs is 1. The van der Waals surface area contributed by atoms with Gasteiger partial charge in [0.05, 0.1) is 12.2 Å². The predicted molar refractivity (Wildman–Crippen MR) is 132 cm³/mol. The first kappa shape index (κ1) is 24.1. The van der Waals surface area contributed by atoms with Crippen molar-refractivity contribution in [1.29, 1.82) is 0 Å². The van der Waals surface area contributed by atoms with Crippen molar-refractivity contribution in [2.75, 3.05) is 13.2 Å². The lowest BCUT2D eigenvalue weighted by Gasteiger charge is -2.28. The van der Waals surface area contributed by atoms with Crippen molar-refractivity contribution in [3.63, 3.8) is 0 Å². The Morgan fingerprint density at radius 3 is 2.35 bits per heavy atom. The van der Waals surface area contributed by atoms with E-state index in [9.17, 15) is 19.8 Å². The van der Waals surface area contributed by atoms with Gasteiger partial charge >= 0.3 is 5.69 Å². The maximum atomic E-state index is 12.8. The zero-order valence-electron chi connectivity index (χ0n) is 19.9. The van der Waals surface area contributed by atoms with Crippen LogP contribution in [0.4, 0.5) is 0 Å². The number of hydrogen-bond acceptors (Lipinski definition) is 4. The molecule has 3 aromatic rings. The molecule has 1 aliphatic heterocycles. The van der Waals surface area contributed by atoms with Crippen LogP contribution in [-0.2, 0) is 19.6 Å². The summed E-state index contributed by atoms with van der Waals surface area (Å²) in [4.78, 5) is 27.2. The second-order valence-electron chi connectivity index (χ2n) is 9.68. The van der Waals surface area contributed by atoms with Crippen LogP contribution in [0.3, 0.4) is 0 Å². The Morgan fingerprint density at radius 2 is 1.74 bits per heavy atom. The summed E-state index contributed by atoms with van der Waals surface area (Å²) in [6, 6.07) is 11.5. The molecule has 2 aromatic carbocycles. The highest BCUT2D eigenvalue weighted by atomic mass is 35.5. The third kappa shape index (κ3) is 4.26. The van der Waals surface area contributed by atoms with Crippen LogP contribution < -0.4 is 5.69 Å². The molecule has 0 radical (unpaired) electrons. The fourth-order valence-corrected chi connectivity index (χ4v) is 4.69. The van der Waals surface area contributed by atoms with Crippen molar-refractivity contribution < 1.29 is 15.0 Å². The molecule has 0 saturated carbocycles. The molecule has 8 heteroatoms. The second kappa shape index (κ2) is 8.96. The first-order valence-corrected chi connectivity index (χ1v) is 11.7. The fraction of sp³-hybridized carbons (Fsp3) is 0.385. The zero-order valence-corrected chi connectivity index (χ0v) is 20.7. The third-order valence-corrected chi connectivity index (χ3v) is 6.86. The Labute approximate surface area is 203 Å². The number of carbonyl (C=O) groups excluding carboxylic acids is 1. The number of hydrogen-bond donors (Lipinski definition) is 2. The molecule has 7 nitrogen and oxygen atoms in total. The number of aromatic hydroxyl groups is 1. The van der Waals surface area contributed by atoms with Crippen molar-refractivity contribution in [3.8, 4) is 17.0 Å². The molecule has 4 rings (SSSR count). The van der Waals surface area contributed by atoms with Gasteiger partial charge in [-0.15, -0.1) is 0 Å². The maximum absolute atomic E-state index is 12.8. The van der Waals surface area contributed by atoms with Gasteiger partial charge in [0.25, 0.3) is 5.91 Å². The van der Waals surface area contributed by atoms with E-state index in [-0.39, 0.29) is 36.0 Å². The largest absolute Gasteiger partial charge is 0.493 e. The highest BCUT2D eigenvalue weighted by Gasteiger charge is 2.31. The molecule has 1 amide bonds. The Balaban J connectivity index is 1.59. The van der Waals surface area contributed by atoms with Gasteiger partial charge in [0.2, 0.25) is 5.88 Å². The van der Waals surface area contributed by atoms with Crippen molar-refractivity contribution in [2.45, 2.75) is 47.3 Å². The molecule has 0 spiro atoms. The minimum Gasteiger partial charge on any atom is -0.493 e. The smallest absolute Gasteiger partial charge is 0.331 e. The topological polar surface area (TPSA) is 87.7 Å². The van der Waals surface area contributed by atoms with Gasteiger partial charge < -0.3 is 15.1 Å². The van der Waals surface area contributed by atoms with E-state index in [2.05, 4.69) is 0 Å². The summed E-state index contributed by atoms with van der Waals surface area (Å²) in [5.41, 5.74) is 4.16. The number of aliphatic hydroxyl groups excluding tert-OH is 1. The molecule has 1 aliphatic rings. The van der Waals surface area contributed by atoms with Crippen molar-refractivity contribution >= 4 is 17.5 Å². The average molecular weight is 484 g/mol. The van der Waals surface area contributed by atoms with Crippen LogP contribution in [0.5, 0.6) is 5.88 Å². The highest BCUT2D eigenvalue weighted by Crippen LogP contribution is 2.32. The lowest BCUT2D eigenvalue weighted by Crippen LogP contribution is -2.36. The molecule has 0 unspecified atom stereocenters. The van der Waals surface area contributed by atoms with Crippen LogP contribution in [0.1, 0.15) is 48.0 Å². The Hall–Kier alpha value is -3.03. The van der Waals surface area contributed by atoms with E-state index < -0.39 is 0 Å². The minimum atomic E-state index is -0.362. The molecular formula is C26H30ClN3O4. The van der Waals surface area contributed by atoms with Crippen LogP contribution in [0.15, 0.2) is 41.2 Å². The molecule has 0 saturated heterocycles. The van der Waals surface area contributed by atoms with Crippen molar-refractivity contribution in [1.82, 2.24) is 14.0 Å². The van der Waals surface area contributed by atoms with Gasteiger partial charge in [0.1, 0.15) is 0 Å². The lowest BCUT2D eigenvalue weighted by atomic mass is 9.94. The molecule has 0 aliphatic carbocycles. The summed E-state index contributed by atoms with van der Waals surface area (Å²) in [6.45, 7) is 9.06. The standard InChI is InChI=1S/C26H30ClN3O4/c1-5-29-23(32)16(2)30(25(29)34)13-19-7-6-18(11-22(19)27)17-8-9-21-20(10-17)12-28(24(21)33)14-26(3,4)15-31/h6-11,31-32H,5,12-15H2,1-4H3.